The van der Waals surface area contributed by atoms with Crippen LogP contribution in [0, 0.1) is 17.2 Å². The number of rotatable bonds is 5. The summed E-state index contributed by atoms with van der Waals surface area (Å²) in [6.45, 7) is 6.48. The van der Waals surface area contributed by atoms with Crippen LogP contribution in [0.4, 0.5) is 0 Å². The van der Waals surface area contributed by atoms with Crippen LogP contribution in [0.25, 0.3) is 0 Å². The Labute approximate surface area is 116 Å². The molecule has 3 heteroatoms. The highest BCUT2D eigenvalue weighted by atomic mass is 15.2. The molecule has 0 amide bonds. The summed E-state index contributed by atoms with van der Waals surface area (Å²) in [5.74, 6) is 0.655. The molecule has 1 aliphatic carbocycles. The van der Waals surface area contributed by atoms with Crippen molar-refractivity contribution < 1.29 is 0 Å². The van der Waals surface area contributed by atoms with Gasteiger partial charge in [-0.15, -0.1) is 0 Å². The Morgan fingerprint density at radius 2 is 2.16 bits per heavy atom. The minimum atomic E-state index is 0.578. The number of nitriles is 1. The third kappa shape index (κ3) is 3.78. The molecule has 0 N–H and O–H groups in total. The predicted molar refractivity (Wildman–Crippen MR) is 76.5 cm³/mol. The van der Waals surface area contributed by atoms with Gasteiger partial charge in [0.1, 0.15) is 11.8 Å². The average Bonchev–Trinajstić information content (AvgIpc) is 2.92. The number of nitrogens with zero attached hydrogens (tertiary/aromatic N) is 3. The van der Waals surface area contributed by atoms with E-state index in [1.807, 2.05) is 12.1 Å². The van der Waals surface area contributed by atoms with Gasteiger partial charge in [0.25, 0.3) is 0 Å². The molecule has 1 heterocycles. The van der Waals surface area contributed by atoms with Crippen LogP contribution in [0.2, 0.25) is 0 Å². The fourth-order valence-electron chi connectivity index (χ4n) is 2.97. The Bertz CT molecular complexity index is 442. The van der Waals surface area contributed by atoms with Crippen LogP contribution in [0.3, 0.4) is 0 Å². The van der Waals surface area contributed by atoms with Crippen molar-refractivity contribution in [1.29, 1.82) is 5.26 Å². The molecule has 1 aromatic heterocycles. The molecular formula is C16H23N3. The van der Waals surface area contributed by atoms with Crippen LogP contribution < -0.4 is 0 Å². The van der Waals surface area contributed by atoms with Crippen molar-refractivity contribution in [2.24, 2.45) is 5.92 Å². The lowest BCUT2D eigenvalue weighted by Crippen LogP contribution is -2.36. The second-order valence-electron chi connectivity index (χ2n) is 5.88. The van der Waals surface area contributed by atoms with Gasteiger partial charge >= 0.3 is 0 Å². The van der Waals surface area contributed by atoms with Gasteiger partial charge in [0.2, 0.25) is 0 Å². The predicted octanol–water partition coefficient (Wildman–Crippen LogP) is 3.35. The van der Waals surface area contributed by atoms with Crippen LogP contribution in [0.5, 0.6) is 0 Å². The standard InChI is InChI=1S/C16H23N3/c1-13(2)11-19(15-7-3-4-8-15)12-14-6-5-9-18-16(14)10-17/h5-6,9,13,15H,3-4,7-8,11-12H2,1-2H3. The normalized spacial score (nSPS) is 16.2. The lowest BCUT2D eigenvalue weighted by Gasteiger charge is -2.30. The quantitative estimate of drug-likeness (QED) is 0.812. The highest BCUT2D eigenvalue weighted by molar-refractivity contribution is 5.30. The average molecular weight is 257 g/mol. The molecular weight excluding hydrogens is 234 g/mol. The first-order valence-electron chi connectivity index (χ1n) is 7.28. The van der Waals surface area contributed by atoms with Crippen LogP contribution in [-0.2, 0) is 6.54 Å². The van der Waals surface area contributed by atoms with E-state index in [2.05, 4.69) is 29.8 Å². The smallest absolute Gasteiger partial charge is 0.144 e. The summed E-state index contributed by atoms with van der Waals surface area (Å²) in [6, 6.07) is 6.86. The van der Waals surface area contributed by atoms with Gasteiger partial charge in [-0.25, -0.2) is 4.98 Å². The van der Waals surface area contributed by atoms with E-state index in [-0.39, 0.29) is 0 Å². The Balaban J connectivity index is 2.12. The van der Waals surface area contributed by atoms with Gasteiger partial charge in [-0.1, -0.05) is 32.8 Å². The maximum Gasteiger partial charge on any atom is 0.144 e. The molecule has 1 aromatic rings. The minimum absolute atomic E-state index is 0.578. The summed E-state index contributed by atoms with van der Waals surface area (Å²) in [5.41, 5.74) is 1.65. The first-order chi connectivity index (χ1) is 9.20. The molecule has 0 radical (unpaired) electrons. The van der Waals surface area contributed by atoms with E-state index in [0.717, 1.165) is 18.7 Å². The van der Waals surface area contributed by atoms with Crippen molar-refractivity contribution in [3.63, 3.8) is 0 Å². The van der Waals surface area contributed by atoms with Crippen molar-refractivity contribution >= 4 is 0 Å². The van der Waals surface area contributed by atoms with Crippen LogP contribution >= 0.6 is 0 Å². The largest absolute Gasteiger partial charge is 0.296 e. The molecule has 0 spiro atoms. The van der Waals surface area contributed by atoms with Gasteiger partial charge < -0.3 is 0 Å². The lowest BCUT2D eigenvalue weighted by molar-refractivity contribution is 0.168. The summed E-state index contributed by atoms with van der Waals surface area (Å²) in [6.07, 6.45) is 6.99. The van der Waals surface area contributed by atoms with Crippen molar-refractivity contribution in [2.45, 2.75) is 52.1 Å². The van der Waals surface area contributed by atoms with E-state index in [1.165, 1.54) is 25.7 Å². The first kappa shape index (κ1) is 14.0. The molecule has 0 aliphatic heterocycles. The Kier molecular flexibility index (Phi) is 4.93. The zero-order valence-electron chi connectivity index (χ0n) is 12.0. The van der Waals surface area contributed by atoms with Crippen molar-refractivity contribution in [2.75, 3.05) is 6.54 Å². The zero-order chi connectivity index (χ0) is 13.7. The molecule has 3 nitrogen and oxygen atoms in total. The maximum absolute atomic E-state index is 9.15. The highest BCUT2D eigenvalue weighted by Gasteiger charge is 2.23. The van der Waals surface area contributed by atoms with Crippen molar-refractivity contribution in [3.05, 3.63) is 29.6 Å². The van der Waals surface area contributed by atoms with Crippen LogP contribution in [-0.4, -0.2) is 22.5 Å². The summed E-state index contributed by atoms with van der Waals surface area (Å²) in [4.78, 5) is 6.72. The van der Waals surface area contributed by atoms with Gasteiger partial charge in [0.05, 0.1) is 0 Å². The minimum Gasteiger partial charge on any atom is -0.296 e. The molecule has 102 valence electrons. The van der Waals surface area contributed by atoms with Crippen molar-refractivity contribution in [1.82, 2.24) is 9.88 Å². The van der Waals surface area contributed by atoms with Gasteiger partial charge in [-0.3, -0.25) is 4.90 Å². The second-order valence-corrected chi connectivity index (χ2v) is 5.88. The second kappa shape index (κ2) is 6.68. The van der Waals surface area contributed by atoms with Gasteiger partial charge in [-0.2, -0.15) is 5.26 Å². The van der Waals surface area contributed by atoms with Gasteiger partial charge in [0.15, 0.2) is 0 Å². The number of hydrogen-bond donors (Lipinski definition) is 0. The SMILES string of the molecule is CC(C)CN(Cc1cccnc1C#N)C1CCCC1. The zero-order valence-corrected chi connectivity index (χ0v) is 12.0. The summed E-state index contributed by atoms with van der Waals surface area (Å²) in [5, 5.41) is 9.15. The fourth-order valence-corrected chi connectivity index (χ4v) is 2.97. The summed E-state index contributed by atoms with van der Waals surface area (Å²) in [7, 11) is 0. The molecule has 2 rings (SSSR count). The van der Waals surface area contributed by atoms with E-state index in [0.29, 0.717) is 17.7 Å². The van der Waals surface area contributed by atoms with E-state index < -0.39 is 0 Å². The third-order valence-electron chi connectivity index (χ3n) is 3.81. The van der Waals surface area contributed by atoms with Crippen LogP contribution in [0.1, 0.15) is 50.8 Å². The maximum atomic E-state index is 9.15. The van der Waals surface area contributed by atoms with E-state index in [1.54, 1.807) is 6.20 Å². The molecule has 0 unspecified atom stereocenters. The molecule has 1 fully saturated rings. The Morgan fingerprint density at radius 3 is 2.79 bits per heavy atom. The van der Waals surface area contributed by atoms with E-state index in [4.69, 9.17) is 5.26 Å². The van der Waals surface area contributed by atoms with Gasteiger partial charge in [0, 0.05) is 30.9 Å². The molecule has 0 bridgehead atoms. The molecule has 19 heavy (non-hydrogen) atoms. The van der Waals surface area contributed by atoms with Gasteiger partial charge in [-0.05, 0) is 24.8 Å². The number of aromatic nitrogens is 1. The Hall–Kier alpha value is -1.40. The van der Waals surface area contributed by atoms with Crippen molar-refractivity contribution in [3.8, 4) is 6.07 Å². The molecule has 0 atom stereocenters. The summed E-state index contributed by atoms with van der Waals surface area (Å²) < 4.78 is 0. The lowest BCUT2D eigenvalue weighted by atomic mass is 10.1. The third-order valence-corrected chi connectivity index (χ3v) is 3.81. The van der Waals surface area contributed by atoms with Crippen LogP contribution in [0.15, 0.2) is 18.3 Å². The summed E-state index contributed by atoms with van der Waals surface area (Å²) >= 11 is 0. The molecule has 1 saturated carbocycles. The number of hydrogen-bond acceptors (Lipinski definition) is 3. The molecule has 0 aromatic carbocycles. The van der Waals surface area contributed by atoms with E-state index >= 15 is 0 Å². The molecule has 1 aliphatic rings. The number of pyridine rings is 1. The fraction of sp³-hybridized carbons (Fsp3) is 0.625. The highest BCUT2D eigenvalue weighted by Crippen LogP contribution is 2.26. The van der Waals surface area contributed by atoms with E-state index in [9.17, 15) is 0 Å². The molecule has 0 saturated heterocycles. The monoisotopic (exact) mass is 257 g/mol. The first-order valence-corrected chi connectivity index (χ1v) is 7.28. The topological polar surface area (TPSA) is 39.9 Å². The Morgan fingerprint density at radius 1 is 1.42 bits per heavy atom.